The largest absolute Gasteiger partial charge is 0.480 e. The molecule has 0 aromatic heterocycles. The number of ether oxygens (including phenoxy) is 1. The predicted octanol–water partition coefficient (Wildman–Crippen LogP) is 4.26. The van der Waals surface area contributed by atoms with Crippen LogP contribution in [0.3, 0.4) is 0 Å². The molecule has 0 spiro atoms. The van der Waals surface area contributed by atoms with Gasteiger partial charge < -0.3 is 20.5 Å². The van der Waals surface area contributed by atoms with E-state index in [1.54, 1.807) is 0 Å². The molecule has 0 bridgehead atoms. The van der Waals surface area contributed by atoms with Crippen molar-refractivity contribution in [2.75, 3.05) is 18.6 Å². The highest BCUT2D eigenvalue weighted by molar-refractivity contribution is 7.98. The lowest BCUT2D eigenvalue weighted by molar-refractivity contribution is -0.142. The summed E-state index contributed by atoms with van der Waals surface area (Å²) in [4.78, 5) is 36.5. The fraction of sp³-hybridized carbons (Fsp3) is 0.423. The number of carboxylic acid groups (broad SMARTS) is 1. The number of thioether (sulfide) groups is 1. The van der Waals surface area contributed by atoms with E-state index in [0.717, 1.165) is 22.3 Å². The molecule has 8 heteroatoms. The number of carboxylic acids is 1. The predicted molar refractivity (Wildman–Crippen MR) is 134 cm³/mol. The highest BCUT2D eigenvalue weighted by atomic mass is 32.2. The zero-order valence-corrected chi connectivity index (χ0v) is 20.6. The van der Waals surface area contributed by atoms with Gasteiger partial charge in [-0.25, -0.2) is 9.59 Å². The van der Waals surface area contributed by atoms with Gasteiger partial charge in [0.1, 0.15) is 12.6 Å². The van der Waals surface area contributed by atoms with Crippen molar-refractivity contribution in [3.05, 3.63) is 59.7 Å². The molecule has 2 aromatic carbocycles. The van der Waals surface area contributed by atoms with Crippen molar-refractivity contribution in [2.24, 2.45) is 5.92 Å². The Balaban J connectivity index is 1.58. The molecule has 182 valence electrons. The van der Waals surface area contributed by atoms with E-state index >= 15 is 0 Å². The Kier molecular flexibility index (Phi) is 8.98. The van der Waals surface area contributed by atoms with Gasteiger partial charge >= 0.3 is 12.1 Å². The van der Waals surface area contributed by atoms with Crippen LogP contribution < -0.4 is 10.6 Å². The summed E-state index contributed by atoms with van der Waals surface area (Å²) in [7, 11) is 0. The van der Waals surface area contributed by atoms with E-state index in [1.807, 2.05) is 44.4 Å². The molecule has 34 heavy (non-hydrogen) atoms. The minimum absolute atomic E-state index is 0.0229. The molecule has 2 amide bonds. The minimum Gasteiger partial charge on any atom is -0.480 e. The van der Waals surface area contributed by atoms with Crippen molar-refractivity contribution >= 4 is 29.7 Å². The van der Waals surface area contributed by atoms with Crippen LogP contribution >= 0.6 is 11.8 Å². The molecule has 2 atom stereocenters. The molecule has 3 rings (SSSR count). The van der Waals surface area contributed by atoms with Gasteiger partial charge in [-0.15, -0.1) is 0 Å². The number of hydrogen-bond acceptors (Lipinski definition) is 5. The first-order valence-corrected chi connectivity index (χ1v) is 12.8. The van der Waals surface area contributed by atoms with E-state index in [9.17, 15) is 19.5 Å². The number of alkyl carbamates (subject to hydrolysis) is 1. The lowest BCUT2D eigenvalue weighted by atomic mass is 9.98. The summed E-state index contributed by atoms with van der Waals surface area (Å²) in [5.74, 6) is -0.936. The first kappa shape index (κ1) is 25.6. The average molecular weight is 485 g/mol. The summed E-state index contributed by atoms with van der Waals surface area (Å²) in [6, 6.07) is 14.8. The van der Waals surface area contributed by atoms with E-state index in [4.69, 9.17) is 4.74 Å². The molecule has 3 N–H and O–H groups in total. The van der Waals surface area contributed by atoms with Gasteiger partial charge in [0.25, 0.3) is 0 Å². The molecule has 0 fully saturated rings. The normalized spacial score (nSPS) is 14.1. The fourth-order valence-electron chi connectivity index (χ4n) is 4.19. The summed E-state index contributed by atoms with van der Waals surface area (Å²) in [6.07, 6.45) is 1.61. The van der Waals surface area contributed by atoms with Crippen LogP contribution in [0.15, 0.2) is 48.5 Å². The molecule has 0 heterocycles. The number of carbonyl (C=O) groups is 3. The van der Waals surface area contributed by atoms with Crippen LogP contribution in [0.4, 0.5) is 4.79 Å². The number of hydrogen-bond donors (Lipinski definition) is 3. The number of carbonyl (C=O) groups excluding carboxylic acids is 2. The van der Waals surface area contributed by atoms with Crippen LogP contribution in [0.5, 0.6) is 0 Å². The number of aliphatic carboxylic acids is 1. The molecule has 7 nitrogen and oxygen atoms in total. The van der Waals surface area contributed by atoms with Gasteiger partial charge in [-0.1, -0.05) is 62.4 Å². The molecule has 0 aliphatic heterocycles. The number of rotatable bonds is 11. The zero-order chi connectivity index (χ0) is 24.7. The molecular weight excluding hydrogens is 452 g/mol. The van der Waals surface area contributed by atoms with Crippen LogP contribution in [0.2, 0.25) is 0 Å². The molecule has 1 aliphatic rings. The number of nitrogens with one attached hydrogen (secondary N) is 2. The van der Waals surface area contributed by atoms with Crippen molar-refractivity contribution in [3.63, 3.8) is 0 Å². The van der Waals surface area contributed by atoms with Crippen LogP contribution in [-0.4, -0.2) is 53.8 Å². The van der Waals surface area contributed by atoms with Gasteiger partial charge in [0, 0.05) is 18.4 Å². The highest BCUT2D eigenvalue weighted by Gasteiger charge is 2.30. The van der Waals surface area contributed by atoms with Gasteiger partial charge in [0.2, 0.25) is 5.91 Å². The number of fused-ring (bicyclic) bond motifs is 3. The SMILES string of the molecule is CSCC[C@H](NC(=O)C[C@@H](NC(=O)OCC1c2ccccc2-c2ccccc21)C(C)C)C(=O)O. The maximum absolute atomic E-state index is 12.6. The Bertz CT molecular complexity index is 980. The lowest BCUT2D eigenvalue weighted by Crippen LogP contribution is -2.46. The van der Waals surface area contributed by atoms with Gasteiger partial charge in [0.05, 0.1) is 0 Å². The van der Waals surface area contributed by atoms with E-state index in [0.29, 0.717) is 12.2 Å². The Morgan fingerprint density at radius 3 is 2.12 bits per heavy atom. The fourth-order valence-corrected chi connectivity index (χ4v) is 4.66. The Hall–Kier alpha value is -3.00. The van der Waals surface area contributed by atoms with E-state index in [1.165, 1.54) is 11.8 Å². The minimum atomic E-state index is -1.06. The van der Waals surface area contributed by atoms with Crippen LogP contribution in [0.1, 0.15) is 43.7 Å². The van der Waals surface area contributed by atoms with E-state index < -0.39 is 30.1 Å². The van der Waals surface area contributed by atoms with Gasteiger partial charge in [-0.05, 0) is 46.6 Å². The van der Waals surface area contributed by atoms with Crippen molar-refractivity contribution in [3.8, 4) is 11.1 Å². The van der Waals surface area contributed by atoms with Crippen LogP contribution in [0.25, 0.3) is 11.1 Å². The molecule has 2 aromatic rings. The first-order valence-electron chi connectivity index (χ1n) is 11.4. The van der Waals surface area contributed by atoms with E-state index in [2.05, 4.69) is 34.9 Å². The van der Waals surface area contributed by atoms with Crippen LogP contribution in [0, 0.1) is 5.92 Å². The maximum atomic E-state index is 12.6. The zero-order valence-electron chi connectivity index (χ0n) is 19.7. The second kappa shape index (κ2) is 11.9. The first-order chi connectivity index (χ1) is 16.3. The van der Waals surface area contributed by atoms with Crippen molar-refractivity contribution < 1.29 is 24.2 Å². The van der Waals surface area contributed by atoms with Crippen molar-refractivity contribution in [2.45, 2.75) is 44.7 Å². The maximum Gasteiger partial charge on any atom is 0.407 e. The monoisotopic (exact) mass is 484 g/mol. The summed E-state index contributed by atoms with van der Waals surface area (Å²) >= 11 is 1.52. The Morgan fingerprint density at radius 2 is 1.59 bits per heavy atom. The molecule has 0 saturated heterocycles. The second-order valence-corrected chi connectivity index (χ2v) is 9.75. The highest BCUT2D eigenvalue weighted by Crippen LogP contribution is 2.44. The standard InChI is InChI=1S/C26H32N2O5S/c1-16(2)23(14-24(29)27-22(25(30)31)12-13-34-3)28-26(32)33-15-21-19-10-6-4-8-17(19)18-9-5-7-11-20(18)21/h4-11,16,21-23H,12-15H2,1-3H3,(H,27,29)(H,28,32)(H,30,31)/t22-,23+/m0/s1. The third-order valence-electron chi connectivity index (χ3n) is 6.10. The number of benzene rings is 2. The molecular formula is C26H32N2O5S. The van der Waals surface area contributed by atoms with Crippen molar-refractivity contribution in [1.82, 2.24) is 10.6 Å². The topological polar surface area (TPSA) is 105 Å². The molecule has 0 unspecified atom stereocenters. The summed E-state index contributed by atoms with van der Waals surface area (Å²) in [6.45, 7) is 3.97. The Labute approximate surface area is 204 Å². The smallest absolute Gasteiger partial charge is 0.407 e. The van der Waals surface area contributed by atoms with Gasteiger partial charge in [-0.2, -0.15) is 11.8 Å². The third kappa shape index (κ3) is 6.32. The van der Waals surface area contributed by atoms with Crippen LogP contribution in [-0.2, 0) is 14.3 Å². The van der Waals surface area contributed by atoms with Crippen molar-refractivity contribution in [1.29, 1.82) is 0 Å². The summed E-state index contributed by atoms with van der Waals surface area (Å²) < 4.78 is 5.60. The van der Waals surface area contributed by atoms with E-state index in [-0.39, 0.29) is 24.9 Å². The van der Waals surface area contributed by atoms with Gasteiger partial charge in [0.15, 0.2) is 0 Å². The average Bonchev–Trinajstić information content (AvgIpc) is 3.13. The molecule has 0 saturated carbocycles. The molecule has 1 aliphatic carbocycles. The third-order valence-corrected chi connectivity index (χ3v) is 6.74. The summed E-state index contributed by atoms with van der Waals surface area (Å²) in [5, 5.41) is 14.7. The molecule has 0 radical (unpaired) electrons. The quantitative estimate of drug-likeness (QED) is 0.440. The van der Waals surface area contributed by atoms with Gasteiger partial charge in [-0.3, -0.25) is 4.79 Å². The second-order valence-electron chi connectivity index (χ2n) is 8.76. The summed E-state index contributed by atoms with van der Waals surface area (Å²) in [5.41, 5.74) is 4.55. The Morgan fingerprint density at radius 1 is 1.00 bits per heavy atom. The lowest BCUT2D eigenvalue weighted by Gasteiger charge is -2.23. The number of amides is 2.